The number of carbonyl (C=O) groups excluding carboxylic acids is 4. The van der Waals surface area contributed by atoms with Crippen molar-refractivity contribution in [2.24, 2.45) is 34.0 Å². The molecular weight excluding hydrogens is 590 g/mol. The molecule has 6 rings (SSSR count). The van der Waals surface area contributed by atoms with Crippen LogP contribution in [0.3, 0.4) is 0 Å². The lowest BCUT2D eigenvalue weighted by Crippen LogP contribution is -2.70. The van der Waals surface area contributed by atoms with E-state index in [2.05, 4.69) is 43.2 Å². The molecule has 8 nitrogen and oxygen atoms in total. The quantitative estimate of drug-likeness (QED) is 0.236. The van der Waals surface area contributed by atoms with E-state index in [1.807, 2.05) is 56.4 Å². The summed E-state index contributed by atoms with van der Waals surface area (Å²) < 4.78 is 0. The van der Waals surface area contributed by atoms with Crippen molar-refractivity contribution < 1.29 is 24.3 Å². The van der Waals surface area contributed by atoms with Gasteiger partial charge in [-0.2, -0.15) is 0 Å². The number of H-pyrrole nitrogens is 1. The van der Waals surface area contributed by atoms with Gasteiger partial charge in [-0.15, -0.1) is 0 Å². The van der Waals surface area contributed by atoms with Crippen LogP contribution in [0.5, 0.6) is 0 Å². The van der Waals surface area contributed by atoms with Gasteiger partial charge in [0.05, 0.1) is 12.1 Å². The summed E-state index contributed by atoms with van der Waals surface area (Å²) in [6, 6.07) is 13.8. The number of nitrogens with zero attached hydrogens (tertiary/aromatic N) is 1. The van der Waals surface area contributed by atoms with Crippen molar-refractivity contribution in [1.82, 2.24) is 15.2 Å². The Bertz CT molecular complexity index is 1740. The molecule has 8 heteroatoms. The number of hydrogen-bond donors (Lipinski definition) is 3. The number of likely N-dealkylation sites (N-methyl/N-ethyl adjacent to an activating group) is 1. The van der Waals surface area contributed by atoms with E-state index in [0.29, 0.717) is 6.42 Å². The fraction of sp³-hybridized carbons (Fsp3) is 0.538. The first-order valence-corrected chi connectivity index (χ1v) is 17.1. The van der Waals surface area contributed by atoms with Crippen molar-refractivity contribution in [2.75, 3.05) is 7.05 Å². The summed E-state index contributed by atoms with van der Waals surface area (Å²) in [4.78, 5) is 60.6. The summed E-state index contributed by atoms with van der Waals surface area (Å²) in [6.45, 7) is 11.7. The van der Waals surface area contributed by atoms with E-state index in [1.165, 1.54) is 23.0 Å². The molecular formula is C39H49N3O5. The Morgan fingerprint density at radius 3 is 2.38 bits per heavy atom. The number of aromatic nitrogens is 1. The molecule has 3 fully saturated rings. The average molecular weight is 640 g/mol. The van der Waals surface area contributed by atoms with Crippen LogP contribution in [0.25, 0.3) is 10.9 Å². The summed E-state index contributed by atoms with van der Waals surface area (Å²) >= 11 is 0. The zero-order valence-electron chi connectivity index (χ0n) is 28.7. The number of carbonyl (C=O) groups is 4. The molecule has 8 unspecified atom stereocenters. The molecule has 0 bridgehead atoms. The molecule has 1 heterocycles. The first-order valence-electron chi connectivity index (χ1n) is 17.1. The highest BCUT2D eigenvalue weighted by atomic mass is 16.3. The smallest absolute Gasteiger partial charge is 0.248 e. The number of para-hydroxylation sites is 1. The Labute approximate surface area is 277 Å². The van der Waals surface area contributed by atoms with E-state index in [0.717, 1.165) is 35.7 Å². The van der Waals surface area contributed by atoms with E-state index < -0.39 is 41.3 Å². The third-order valence-corrected chi connectivity index (χ3v) is 12.9. The van der Waals surface area contributed by atoms with Crippen LogP contribution >= 0.6 is 0 Å². The maximum atomic E-state index is 14.3. The maximum absolute atomic E-state index is 14.3. The summed E-state index contributed by atoms with van der Waals surface area (Å²) in [5, 5.41) is 14.6. The predicted molar refractivity (Wildman–Crippen MR) is 181 cm³/mol. The minimum atomic E-state index is -1.30. The van der Waals surface area contributed by atoms with Gasteiger partial charge in [0.25, 0.3) is 0 Å². The number of aryl methyl sites for hydroxylation is 2. The molecule has 2 amide bonds. The van der Waals surface area contributed by atoms with E-state index in [-0.39, 0.29) is 40.7 Å². The molecule has 2 aromatic carbocycles. The number of ketones is 2. The SMILES string of the molecule is Cc1ccccc1CCC(C)C(=O)C(Cc1c[nH]c2ccccc12)N(C)C(=O)C(NC(=O)C1C(=O)C2(C)CC3(C)CC1C32C)[C@H](C)O. The number of Topliss-reactive ketones (excluding diaryl/α,β-unsaturated/α-hetero) is 2. The van der Waals surface area contributed by atoms with Crippen molar-refractivity contribution in [2.45, 2.75) is 91.8 Å². The van der Waals surface area contributed by atoms with Crippen LogP contribution < -0.4 is 5.32 Å². The number of nitrogens with one attached hydrogen (secondary N) is 2. The average Bonchev–Trinajstić information content (AvgIpc) is 3.46. The number of aromatic amines is 1. The summed E-state index contributed by atoms with van der Waals surface area (Å²) in [7, 11) is 1.58. The molecule has 250 valence electrons. The number of benzene rings is 2. The van der Waals surface area contributed by atoms with Crippen LogP contribution in [0.15, 0.2) is 54.7 Å². The lowest BCUT2D eigenvalue weighted by molar-refractivity contribution is -0.269. The number of amides is 2. The lowest BCUT2D eigenvalue weighted by atomic mass is 9.28. The predicted octanol–water partition coefficient (Wildman–Crippen LogP) is 5.19. The van der Waals surface area contributed by atoms with Crippen LogP contribution in [0, 0.1) is 40.9 Å². The Kier molecular flexibility index (Phi) is 8.27. The van der Waals surface area contributed by atoms with Crippen LogP contribution in [0.4, 0.5) is 0 Å². The normalized spacial score (nSPS) is 30.0. The monoisotopic (exact) mass is 639 g/mol. The summed E-state index contributed by atoms with van der Waals surface area (Å²) in [5.74, 6) is -2.46. The molecule has 3 N–H and O–H groups in total. The van der Waals surface area contributed by atoms with Crippen molar-refractivity contribution in [3.05, 3.63) is 71.4 Å². The first-order chi connectivity index (χ1) is 22.1. The fourth-order valence-electron chi connectivity index (χ4n) is 9.70. The van der Waals surface area contributed by atoms with Gasteiger partial charge in [0.2, 0.25) is 11.8 Å². The highest BCUT2D eigenvalue weighted by Crippen LogP contribution is 2.86. The third kappa shape index (κ3) is 4.97. The number of aliphatic hydroxyl groups excluding tert-OH is 1. The molecule has 3 aliphatic rings. The van der Waals surface area contributed by atoms with E-state index >= 15 is 0 Å². The van der Waals surface area contributed by atoms with E-state index in [1.54, 1.807) is 7.05 Å². The maximum Gasteiger partial charge on any atom is 0.248 e. The Morgan fingerprint density at radius 2 is 1.72 bits per heavy atom. The molecule has 3 aliphatic carbocycles. The molecule has 0 aliphatic heterocycles. The molecule has 3 saturated carbocycles. The highest BCUT2D eigenvalue weighted by Gasteiger charge is 2.85. The number of hydrogen-bond acceptors (Lipinski definition) is 5. The minimum Gasteiger partial charge on any atom is -0.391 e. The van der Waals surface area contributed by atoms with Crippen molar-refractivity contribution >= 4 is 34.3 Å². The van der Waals surface area contributed by atoms with E-state index in [4.69, 9.17) is 0 Å². The molecule has 3 aromatic rings. The van der Waals surface area contributed by atoms with Gasteiger partial charge in [-0.05, 0) is 79.0 Å². The second kappa shape index (κ2) is 11.7. The van der Waals surface area contributed by atoms with Crippen LogP contribution in [-0.2, 0) is 32.0 Å². The second-order valence-corrected chi connectivity index (χ2v) is 15.4. The Hall–Kier alpha value is -3.78. The zero-order valence-corrected chi connectivity index (χ0v) is 28.7. The van der Waals surface area contributed by atoms with Gasteiger partial charge in [-0.3, -0.25) is 19.2 Å². The lowest BCUT2D eigenvalue weighted by Gasteiger charge is -2.74. The van der Waals surface area contributed by atoms with E-state index in [9.17, 15) is 24.3 Å². The van der Waals surface area contributed by atoms with Gasteiger partial charge in [0.1, 0.15) is 12.0 Å². The molecule has 47 heavy (non-hydrogen) atoms. The summed E-state index contributed by atoms with van der Waals surface area (Å²) in [6.07, 6.45) is 3.85. The molecule has 1 aromatic heterocycles. The van der Waals surface area contributed by atoms with Crippen LogP contribution in [0.1, 0.15) is 70.6 Å². The minimum absolute atomic E-state index is 0.0579. The number of aliphatic hydroxyl groups is 1. The molecule has 0 spiro atoms. The summed E-state index contributed by atoms with van der Waals surface area (Å²) in [5.41, 5.74) is 3.49. The molecule has 9 atom stereocenters. The Balaban J connectivity index is 1.23. The number of rotatable bonds is 12. The van der Waals surface area contributed by atoms with Gasteiger partial charge in [-0.1, -0.05) is 70.2 Å². The zero-order chi connectivity index (χ0) is 34.1. The van der Waals surface area contributed by atoms with Crippen LogP contribution in [0.2, 0.25) is 0 Å². The molecule has 0 saturated heterocycles. The first kappa shape index (κ1) is 33.1. The van der Waals surface area contributed by atoms with Gasteiger partial charge in [0.15, 0.2) is 11.6 Å². The largest absolute Gasteiger partial charge is 0.391 e. The fourth-order valence-corrected chi connectivity index (χ4v) is 9.70. The van der Waals surface area contributed by atoms with Gasteiger partial charge < -0.3 is 20.3 Å². The topological polar surface area (TPSA) is 120 Å². The second-order valence-electron chi connectivity index (χ2n) is 15.4. The van der Waals surface area contributed by atoms with Crippen molar-refractivity contribution in [1.29, 1.82) is 0 Å². The van der Waals surface area contributed by atoms with Gasteiger partial charge in [-0.25, -0.2) is 0 Å². The highest BCUT2D eigenvalue weighted by molar-refractivity contribution is 6.09. The van der Waals surface area contributed by atoms with Crippen molar-refractivity contribution in [3.8, 4) is 0 Å². The third-order valence-electron chi connectivity index (χ3n) is 12.9. The Morgan fingerprint density at radius 1 is 1.04 bits per heavy atom. The van der Waals surface area contributed by atoms with Gasteiger partial charge in [0, 0.05) is 41.9 Å². The standard InChI is InChI=1S/C39H49N3O5/c1-22-12-8-9-13-25(22)17-16-23(2)33(44)30(18-26-20-40-29-15-11-10-14-27(26)29)42(7)36(47)32(24(3)43)41-35(46)31-28-19-37(4)21-38(5,34(31)45)39(28,37)6/h8-15,20,23-24,28,30-32,40,43H,16-19,21H2,1-7H3,(H,41,46)/t23?,24-,28?,30?,31?,32?,37?,38?,39?/m0/s1. The van der Waals surface area contributed by atoms with Gasteiger partial charge >= 0.3 is 0 Å². The van der Waals surface area contributed by atoms with Crippen molar-refractivity contribution in [3.63, 3.8) is 0 Å². The molecule has 0 radical (unpaired) electrons. The number of fused-ring (bicyclic) bond motifs is 1. The van der Waals surface area contributed by atoms with Crippen LogP contribution in [-0.4, -0.2) is 63.6 Å².